The number of hydrogen-bond acceptors (Lipinski definition) is 5. The minimum Gasteiger partial charge on any atom is -0.394 e. The first-order chi connectivity index (χ1) is 16.6. The van der Waals surface area contributed by atoms with Crippen molar-refractivity contribution in [2.75, 3.05) is 18.8 Å². The molecular formula is C27H28N4O2S. The minimum absolute atomic E-state index is 0.0911. The molecule has 0 bridgehead atoms. The van der Waals surface area contributed by atoms with Crippen molar-refractivity contribution in [3.8, 4) is 0 Å². The van der Waals surface area contributed by atoms with E-state index in [0.717, 1.165) is 53.6 Å². The van der Waals surface area contributed by atoms with E-state index in [9.17, 15) is 9.59 Å². The first-order valence-electron chi connectivity index (χ1n) is 11.8. The van der Waals surface area contributed by atoms with E-state index in [1.54, 1.807) is 10.8 Å². The van der Waals surface area contributed by atoms with E-state index in [1.807, 2.05) is 64.9 Å². The van der Waals surface area contributed by atoms with Gasteiger partial charge in [0.15, 0.2) is 0 Å². The molecule has 1 amide bonds. The van der Waals surface area contributed by atoms with Gasteiger partial charge in [0.1, 0.15) is 11.3 Å². The summed E-state index contributed by atoms with van der Waals surface area (Å²) in [5.41, 5.74) is 9.24. The van der Waals surface area contributed by atoms with Crippen molar-refractivity contribution >= 4 is 34.0 Å². The molecule has 0 radical (unpaired) electrons. The third-order valence-electron chi connectivity index (χ3n) is 6.69. The van der Waals surface area contributed by atoms with E-state index in [-0.39, 0.29) is 17.4 Å². The topological polar surface area (TPSA) is 81.2 Å². The van der Waals surface area contributed by atoms with E-state index >= 15 is 0 Å². The third-order valence-corrected chi connectivity index (χ3v) is 7.55. The Kier molecular flexibility index (Phi) is 6.45. The Morgan fingerprint density at radius 3 is 2.68 bits per heavy atom. The van der Waals surface area contributed by atoms with Gasteiger partial charge in [-0.1, -0.05) is 42.8 Å². The average Bonchev–Trinajstić information content (AvgIpc) is 3.39. The van der Waals surface area contributed by atoms with Crippen LogP contribution in [0.3, 0.4) is 0 Å². The molecule has 1 saturated heterocycles. The Hall–Kier alpha value is -3.45. The summed E-state index contributed by atoms with van der Waals surface area (Å²) in [6.45, 7) is 1.83. The summed E-state index contributed by atoms with van der Waals surface area (Å²) >= 11 is 1.48. The summed E-state index contributed by atoms with van der Waals surface area (Å²) in [6, 6.07) is 17.6. The lowest BCUT2D eigenvalue weighted by Gasteiger charge is -2.29. The SMILES string of the molecule is Nc1c(C2CCCCN(C(=O)c3cccs3)CC2)c2cccnc2n(Cc2ccccc2)c1=O. The standard InChI is InChI=1S/C27H28N4O2S/c28-24-23(20-10-4-5-15-30(16-13-20)26(32)22-12-7-17-34-22)21-11-6-14-29-25(21)31(27(24)33)18-19-8-2-1-3-9-19/h1-3,6-9,11-12,14,17,20H,4-5,10,13,15-16,18,28H2. The van der Waals surface area contributed by atoms with Crippen LogP contribution in [0.1, 0.15) is 52.4 Å². The summed E-state index contributed by atoms with van der Waals surface area (Å²) < 4.78 is 1.68. The van der Waals surface area contributed by atoms with E-state index in [2.05, 4.69) is 4.98 Å². The number of aromatic nitrogens is 2. The van der Waals surface area contributed by atoms with Gasteiger partial charge in [-0.3, -0.25) is 14.2 Å². The molecule has 7 heteroatoms. The van der Waals surface area contributed by atoms with Crippen LogP contribution in [0.25, 0.3) is 11.0 Å². The molecule has 0 saturated carbocycles. The highest BCUT2D eigenvalue weighted by atomic mass is 32.1. The highest BCUT2D eigenvalue weighted by molar-refractivity contribution is 7.12. The van der Waals surface area contributed by atoms with E-state index < -0.39 is 0 Å². The summed E-state index contributed by atoms with van der Waals surface area (Å²) in [6.07, 6.45) is 5.36. The number of benzene rings is 1. The van der Waals surface area contributed by atoms with E-state index in [1.165, 1.54) is 11.3 Å². The van der Waals surface area contributed by atoms with Crippen LogP contribution in [-0.4, -0.2) is 33.4 Å². The van der Waals surface area contributed by atoms with Gasteiger partial charge < -0.3 is 10.6 Å². The Bertz CT molecular complexity index is 1350. The first-order valence-corrected chi connectivity index (χ1v) is 12.6. The van der Waals surface area contributed by atoms with Crippen LogP contribution in [0.15, 0.2) is 71.0 Å². The Labute approximate surface area is 202 Å². The van der Waals surface area contributed by atoms with Gasteiger partial charge in [0.05, 0.1) is 11.4 Å². The van der Waals surface area contributed by atoms with Crippen molar-refractivity contribution in [2.24, 2.45) is 0 Å². The molecule has 1 fully saturated rings. The number of anilines is 1. The zero-order valence-electron chi connectivity index (χ0n) is 19.0. The maximum atomic E-state index is 13.5. The Morgan fingerprint density at radius 1 is 1.03 bits per heavy atom. The highest BCUT2D eigenvalue weighted by Gasteiger charge is 2.26. The molecule has 0 aliphatic carbocycles. The number of hydrogen-bond donors (Lipinski definition) is 1. The third kappa shape index (κ3) is 4.35. The number of fused-ring (bicyclic) bond motifs is 1. The second kappa shape index (κ2) is 9.81. The predicted molar refractivity (Wildman–Crippen MR) is 137 cm³/mol. The number of amides is 1. The first kappa shape index (κ1) is 22.3. The van der Waals surface area contributed by atoms with Crippen LogP contribution in [0.4, 0.5) is 5.69 Å². The van der Waals surface area contributed by atoms with Crippen LogP contribution in [0, 0.1) is 0 Å². The second-order valence-corrected chi connectivity index (χ2v) is 9.78. The minimum atomic E-state index is -0.196. The summed E-state index contributed by atoms with van der Waals surface area (Å²) in [5.74, 6) is 0.193. The number of rotatable bonds is 4. The zero-order valence-corrected chi connectivity index (χ0v) is 19.8. The van der Waals surface area contributed by atoms with E-state index in [0.29, 0.717) is 24.4 Å². The van der Waals surface area contributed by atoms with Gasteiger partial charge in [-0.15, -0.1) is 11.3 Å². The lowest BCUT2D eigenvalue weighted by atomic mass is 9.86. The molecular weight excluding hydrogens is 444 g/mol. The maximum Gasteiger partial charge on any atom is 0.275 e. The predicted octanol–water partition coefficient (Wildman–Crippen LogP) is 4.89. The maximum absolute atomic E-state index is 13.5. The van der Waals surface area contributed by atoms with Crippen molar-refractivity contribution in [1.82, 2.24) is 14.5 Å². The molecule has 0 spiro atoms. The van der Waals surface area contributed by atoms with Crippen molar-refractivity contribution < 1.29 is 4.79 Å². The van der Waals surface area contributed by atoms with Crippen LogP contribution < -0.4 is 11.3 Å². The van der Waals surface area contributed by atoms with Crippen LogP contribution in [-0.2, 0) is 6.54 Å². The fourth-order valence-electron chi connectivity index (χ4n) is 4.99. The number of nitrogens with two attached hydrogens (primary N) is 1. The number of likely N-dealkylation sites (tertiary alicyclic amines) is 1. The fraction of sp³-hybridized carbons (Fsp3) is 0.296. The lowest BCUT2D eigenvalue weighted by Crippen LogP contribution is -2.35. The molecule has 3 aromatic heterocycles. The number of nitrogens with zero attached hydrogens (tertiary/aromatic N) is 3. The smallest absolute Gasteiger partial charge is 0.275 e. The number of pyridine rings is 2. The molecule has 34 heavy (non-hydrogen) atoms. The molecule has 6 nitrogen and oxygen atoms in total. The summed E-state index contributed by atoms with van der Waals surface area (Å²) in [7, 11) is 0. The lowest BCUT2D eigenvalue weighted by molar-refractivity contribution is 0.0743. The van der Waals surface area contributed by atoms with Crippen LogP contribution in [0.2, 0.25) is 0 Å². The normalized spacial score (nSPS) is 16.8. The molecule has 2 N–H and O–H groups in total. The molecule has 1 aliphatic rings. The molecule has 1 aliphatic heterocycles. The zero-order chi connectivity index (χ0) is 23.5. The second-order valence-electron chi connectivity index (χ2n) is 8.83. The molecule has 5 rings (SSSR count). The van der Waals surface area contributed by atoms with Crippen molar-refractivity contribution in [3.05, 3.63) is 92.5 Å². The van der Waals surface area contributed by atoms with Gasteiger partial charge in [0.25, 0.3) is 11.5 Å². The van der Waals surface area contributed by atoms with Gasteiger partial charge in [-0.25, -0.2) is 4.98 Å². The van der Waals surface area contributed by atoms with Gasteiger partial charge in [0, 0.05) is 24.7 Å². The number of carbonyl (C=O) groups is 1. The number of nitrogen functional groups attached to an aromatic ring is 1. The van der Waals surface area contributed by atoms with Crippen molar-refractivity contribution in [1.29, 1.82) is 0 Å². The Balaban J connectivity index is 1.51. The molecule has 4 aromatic rings. The number of thiophene rings is 1. The molecule has 4 heterocycles. The van der Waals surface area contributed by atoms with Crippen molar-refractivity contribution in [2.45, 2.75) is 38.1 Å². The van der Waals surface area contributed by atoms with Gasteiger partial charge in [-0.05, 0) is 59.9 Å². The van der Waals surface area contributed by atoms with Crippen LogP contribution >= 0.6 is 11.3 Å². The monoisotopic (exact) mass is 472 g/mol. The largest absolute Gasteiger partial charge is 0.394 e. The van der Waals surface area contributed by atoms with Gasteiger partial charge in [-0.2, -0.15) is 0 Å². The van der Waals surface area contributed by atoms with E-state index in [4.69, 9.17) is 5.73 Å². The van der Waals surface area contributed by atoms with Crippen LogP contribution in [0.5, 0.6) is 0 Å². The summed E-state index contributed by atoms with van der Waals surface area (Å²) in [5, 5.41) is 2.86. The molecule has 174 valence electrons. The van der Waals surface area contributed by atoms with Crippen molar-refractivity contribution in [3.63, 3.8) is 0 Å². The van der Waals surface area contributed by atoms with Gasteiger partial charge >= 0.3 is 0 Å². The average molecular weight is 473 g/mol. The number of carbonyl (C=O) groups excluding carboxylic acids is 1. The van der Waals surface area contributed by atoms with Gasteiger partial charge in [0.2, 0.25) is 0 Å². The Morgan fingerprint density at radius 2 is 1.88 bits per heavy atom. The summed E-state index contributed by atoms with van der Waals surface area (Å²) in [4.78, 5) is 33.8. The fourth-order valence-corrected chi connectivity index (χ4v) is 5.68. The molecule has 1 atom stereocenters. The molecule has 1 unspecified atom stereocenters. The quantitative estimate of drug-likeness (QED) is 0.459. The molecule has 1 aromatic carbocycles. The highest BCUT2D eigenvalue weighted by Crippen LogP contribution is 2.35.